The van der Waals surface area contributed by atoms with Crippen molar-refractivity contribution in [1.82, 2.24) is 4.98 Å². The minimum absolute atomic E-state index is 0.335. The van der Waals surface area contributed by atoms with E-state index in [1.54, 1.807) is 36.5 Å². The molecule has 1 N–H and O–H groups in total. The average molecular weight is 453 g/mol. The molecule has 108 valence electrons. The number of amides is 1. The number of carbonyl (C=O) groups excluding carboxylic acids is 1. The largest absolute Gasteiger partial charge is 0.320 e. The highest BCUT2D eigenvalue weighted by Gasteiger charge is 2.08. The minimum Gasteiger partial charge on any atom is -0.320 e. The minimum atomic E-state index is -0.360. The van der Waals surface area contributed by atoms with E-state index in [0.29, 0.717) is 26.4 Å². The van der Waals surface area contributed by atoms with Gasteiger partial charge in [-0.1, -0.05) is 40.9 Å². The molecule has 2 rings (SSSR count). The molecule has 0 aliphatic carbocycles. The molecule has 0 radical (unpaired) electrons. The predicted octanol–water partition coefficient (Wildman–Crippen LogP) is 5.30. The van der Waals surface area contributed by atoms with Gasteiger partial charge in [0, 0.05) is 21.4 Å². The third-order valence-electron chi connectivity index (χ3n) is 2.50. The van der Waals surface area contributed by atoms with E-state index in [4.69, 9.17) is 34.8 Å². The van der Waals surface area contributed by atoms with E-state index in [9.17, 15) is 4.79 Å². The van der Waals surface area contributed by atoms with Gasteiger partial charge in [0.1, 0.15) is 5.15 Å². The van der Waals surface area contributed by atoms with E-state index in [2.05, 4.69) is 32.9 Å². The lowest BCUT2D eigenvalue weighted by Crippen LogP contribution is -2.08. The number of hydrogen-bond donors (Lipinski definition) is 1. The van der Waals surface area contributed by atoms with Gasteiger partial charge in [0.05, 0.1) is 15.7 Å². The van der Waals surface area contributed by atoms with Crippen LogP contribution < -0.4 is 5.32 Å². The Morgan fingerprint density at radius 2 is 1.86 bits per heavy atom. The summed E-state index contributed by atoms with van der Waals surface area (Å²) in [5, 5.41) is 3.71. The van der Waals surface area contributed by atoms with Gasteiger partial charge in [0.25, 0.3) is 0 Å². The topological polar surface area (TPSA) is 42.0 Å². The maximum atomic E-state index is 11.9. The first-order valence-electron chi connectivity index (χ1n) is 5.72. The monoisotopic (exact) mass is 452 g/mol. The lowest BCUT2D eigenvalue weighted by atomic mass is 10.2. The SMILES string of the molecule is O=C(/C=C/c1c(I)ccnc1Cl)Nc1c(Cl)cccc1Cl. The summed E-state index contributed by atoms with van der Waals surface area (Å²) in [5.41, 5.74) is 1.06. The quantitative estimate of drug-likeness (QED) is 0.389. The van der Waals surface area contributed by atoms with Crippen molar-refractivity contribution < 1.29 is 4.79 Å². The maximum Gasteiger partial charge on any atom is 0.248 e. The maximum absolute atomic E-state index is 11.9. The Morgan fingerprint density at radius 1 is 1.19 bits per heavy atom. The van der Waals surface area contributed by atoms with Crippen molar-refractivity contribution in [3.05, 3.63) is 60.9 Å². The van der Waals surface area contributed by atoms with Crippen LogP contribution in [0.2, 0.25) is 15.2 Å². The van der Waals surface area contributed by atoms with Gasteiger partial charge in [0.2, 0.25) is 5.91 Å². The molecule has 0 aliphatic rings. The molecule has 1 amide bonds. The number of halogens is 4. The molecule has 1 aromatic heterocycles. The van der Waals surface area contributed by atoms with Crippen LogP contribution >= 0.6 is 57.4 Å². The number of nitrogens with zero attached hydrogens (tertiary/aromatic N) is 1. The van der Waals surface area contributed by atoms with Gasteiger partial charge in [0.15, 0.2) is 0 Å². The van der Waals surface area contributed by atoms with Gasteiger partial charge < -0.3 is 5.32 Å². The van der Waals surface area contributed by atoms with Crippen molar-refractivity contribution in [2.45, 2.75) is 0 Å². The molecule has 1 heterocycles. The highest BCUT2D eigenvalue weighted by molar-refractivity contribution is 14.1. The first-order valence-corrected chi connectivity index (χ1v) is 7.93. The molecule has 0 aliphatic heterocycles. The fourth-order valence-corrected chi connectivity index (χ4v) is 2.98. The zero-order valence-corrected chi connectivity index (χ0v) is 14.8. The Hall–Kier alpha value is -0.820. The number of nitrogens with one attached hydrogen (secondary N) is 1. The van der Waals surface area contributed by atoms with Gasteiger partial charge in [-0.15, -0.1) is 0 Å². The molecule has 21 heavy (non-hydrogen) atoms. The molecule has 0 atom stereocenters. The van der Waals surface area contributed by atoms with Crippen LogP contribution in [0.5, 0.6) is 0 Å². The van der Waals surface area contributed by atoms with Gasteiger partial charge in [-0.2, -0.15) is 0 Å². The van der Waals surface area contributed by atoms with Crippen LogP contribution in [0, 0.1) is 3.57 Å². The normalized spacial score (nSPS) is 10.9. The van der Waals surface area contributed by atoms with Gasteiger partial charge in [-0.25, -0.2) is 4.98 Å². The van der Waals surface area contributed by atoms with Gasteiger partial charge >= 0.3 is 0 Å². The summed E-state index contributed by atoms with van der Waals surface area (Å²) in [7, 11) is 0. The van der Waals surface area contributed by atoms with Crippen molar-refractivity contribution in [1.29, 1.82) is 0 Å². The smallest absolute Gasteiger partial charge is 0.248 e. The Balaban J connectivity index is 2.17. The summed E-state index contributed by atoms with van der Waals surface area (Å²) in [6.07, 6.45) is 4.55. The molecule has 0 unspecified atom stereocenters. The fourth-order valence-electron chi connectivity index (χ4n) is 1.52. The molecule has 0 saturated carbocycles. The molecule has 3 nitrogen and oxygen atoms in total. The van der Waals surface area contributed by atoms with Crippen LogP contribution in [0.25, 0.3) is 6.08 Å². The lowest BCUT2D eigenvalue weighted by molar-refractivity contribution is -0.111. The molecule has 1 aromatic carbocycles. The second-order valence-corrected chi connectivity index (χ2v) is 6.25. The van der Waals surface area contributed by atoms with Crippen LogP contribution in [-0.4, -0.2) is 10.9 Å². The molecule has 2 aromatic rings. The molecular weight excluding hydrogens is 445 g/mol. The highest BCUT2D eigenvalue weighted by atomic mass is 127. The third kappa shape index (κ3) is 4.32. The predicted molar refractivity (Wildman–Crippen MR) is 96.1 cm³/mol. The van der Waals surface area contributed by atoms with Crippen molar-refractivity contribution >= 4 is 75.1 Å². The van der Waals surface area contributed by atoms with Crippen LogP contribution in [-0.2, 0) is 4.79 Å². The molecule has 0 bridgehead atoms. The first kappa shape index (κ1) is 16.5. The summed E-state index contributed by atoms with van der Waals surface area (Å²) in [5.74, 6) is -0.360. The van der Waals surface area contributed by atoms with E-state index >= 15 is 0 Å². The summed E-state index contributed by atoms with van der Waals surface area (Å²) < 4.78 is 0.896. The van der Waals surface area contributed by atoms with Crippen molar-refractivity contribution in [3.63, 3.8) is 0 Å². The fraction of sp³-hybridized carbons (Fsp3) is 0. The third-order valence-corrected chi connectivity index (χ3v) is 4.37. The second kappa shape index (κ2) is 7.45. The number of rotatable bonds is 3. The van der Waals surface area contributed by atoms with Crippen LogP contribution in [0.1, 0.15) is 5.56 Å². The first-order chi connectivity index (χ1) is 9.99. The van der Waals surface area contributed by atoms with Crippen LogP contribution in [0.4, 0.5) is 5.69 Å². The Labute approximate surface area is 150 Å². The molecule has 0 spiro atoms. The van der Waals surface area contributed by atoms with E-state index in [0.717, 1.165) is 3.57 Å². The Morgan fingerprint density at radius 3 is 2.48 bits per heavy atom. The van der Waals surface area contributed by atoms with Gasteiger partial charge in [-0.05, 0) is 46.9 Å². The number of carbonyl (C=O) groups is 1. The summed E-state index contributed by atoms with van der Waals surface area (Å²) in [6, 6.07) is 6.80. The Bertz CT molecular complexity index is 679. The standard InChI is InChI=1S/C14H8Cl3IN2O/c15-9-2-1-3-10(16)13(9)20-12(21)5-4-8-11(18)6-7-19-14(8)17/h1-7H,(H,20,21)/b5-4+. The van der Waals surface area contributed by atoms with E-state index in [1.807, 2.05) is 0 Å². The zero-order valence-electron chi connectivity index (χ0n) is 10.4. The van der Waals surface area contributed by atoms with Gasteiger partial charge in [-0.3, -0.25) is 4.79 Å². The number of anilines is 1. The Kier molecular flexibility index (Phi) is 5.87. The van der Waals surface area contributed by atoms with E-state index in [-0.39, 0.29) is 5.91 Å². The molecule has 0 saturated heterocycles. The second-order valence-electron chi connectivity index (χ2n) is 3.92. The summed E-state index contributed by atoms with van der Waals surface area (Å²) in [4.78, 5) is 15.9. The van der Waals surface area contributed by atoms with Crippen molar-refractivity contribution in [3.8, 4) is 0 Å². The molecular formula is C14H8Cl3IN2O. The number of benzene rings is 1. The summed E-state index contributed by atoms with van der Waals surface area (Å²) >= 11 is 20.1. The zero-order chi connectivity index (χ0) is 15.4. The number of pyridine rings is 1. The summed E-state index contributed by atoms with van der Waals surface area (Å²) in [6.45, 7) is 0. The van der Waals surface area contributed by atoms with Crippen molar-refractivity contribution in [2.24, 2.45) is 0 Å². The number of aromatic nitrogens is 1. The van der Waals surface area contributed by atoms with Crippen LogP contribution in [0.15, 0.2) is 36.5 Å². The number of hydrogen-bond acceptors (Lipinski definition) is 2. The molecule has 7 heteroatoms. The number of para-hydroxylation sites is 1. The van der Waals surface area contributed by atoms with E-state index in [1.165, 1.54) is 6.08 Å². The lowest BCUT2D eigenvalue weighted by Gasteiger charge is -2.07. The van der Waals surface area contributed by atoms with E-state index < -0.39 is 0 Å². The van der Waals surface area contributed by atoms with Crippen LogP contribution in [0.3, 0.4) is 0 Å². The molecule has 0 fully saturated rings. The highest BCUT2D eigenvalue weighted by Crippen LogP contribution is 2.29. The van der Waals surface area contributed by atoms with Crippen molar-refractivity contribution in [2.75, 3.05) is 5.32 Å². The average Bonchev–Trinajstić information content (AvgIpc) is 2.42.